The van der Waals surface area contributed by atoms with Crippen LogP contribution in [0.15, 0.2) is 33.3 Å². The zero-order valence-electron chi connectivity index (χ0n) is 20.3. The zero-order chi connectivity index (χ0) is 24.5. The third kappa shape index (κ3) is 5.66. The monoisotopic (exact) mass is 621 g/mol. The molecule has 2 fully saturated rings. The van der Waals surface area contributed by atoms with Gasteiger partial charge >= 0.3 is 0 Å². The normalized spacial score (nSPS) is 25.0. The molecule has 2 aromatic rings. The van der Waals surface area contributed by atoms with Crippen molar-refractivity contribution in [2.24, 2.45) is 11.8 Å². The molecular weight excluding hydrogens is 590 g/mol. The number of piperidine rings is 1. The molecule has 188 valence electrons. The van der Waals surface area contributed by atoms with Crippen molar-refractivity contribution in [2.75, 3.05) is 20.1 Å². The molecule has 5 rings (SSSR count). The van der Waals surface area contributed by atoms with Crippen LogP contribution in [0.25, 0.3) is 0 Å². The fourth-order valence-electron chi connectivity index (χ4n) is 6.54. The van der Waals surface area contributed by atoms with Gasteiger partial charge < -0.3 is 10.2 Å². The second kappa shape index (κ2) is 11.2. The van der Waals surface area contributed by atoms with Gasteiger partial charge in [-0.25, -0.2) is 0 Å². The summed E-state index contributed by atoms with van der Waals surface area (Å²) in [4.78, 5) is 20.2. The van der Waals surface area contributed by atoms with Gasteiger partial charge in [-0.05, 0) is 121 Å². The summed E-state index contributed by atoms with van der Waals surface area (Å²) >= 11 is 13.9. The highest BCUT2D eigenvalue weighted by atomic mass is 79.9. The third-order valence-corrected chi connectivity index (χ3v) is 9.81. The van der Waals surface area contributed by atoms with E-state index in [-0.39, 0.29) is 5.92 Å². The number of halogens is 3. The van der Waals surface area contributed by atoms with Gasteiger partial charge in [-0.15, -0.1) is 0 Å². The molecule has 0 bridgehead atoms. The molecule has 7 heteroatoms. The molecule has 1 atom stereocenters. The number of likely N-dealkylation sites (tertiary alicyclic amines) is 1. The number of pyridine rings is 1. The van der Waals surface area contributed by atoms with Gasteiger partial charge in [0.2, 0.25) is 5.91 Å². The van der Waals surface area contributed by atoms with Crippen LogP contribution in [-0.4, -0.2) is 42.0 Å². The molecule has 1 aromatic carbocycles. The van der Waals surface area contributed by atoms with E-state index < -0.39 is 0 Å². The van der Waals surface area contributed by atoms with Crippen LogP contribution in [0.4, 0.5) is 0 Å². The molecule has 1 aliphatic heterocycles. The predicted octanol–water partition coefficient (Wildman–Crippen LogP) is 6.90. The lowest BCUT2D eigenvalue weighted by molar-refractivity contribution is -0.134. The van der Waals surface area contributed by atoms with Gasteiger partial charge in [-0.3, -0.25) is 9.78 Å². The minimum Gasteiger partial charge on any atom is -0.343 e. The van der Waals surface area contributed by atoms with Gasteiger partial charge in [0.05, 0.1) is 5.69 Å². The van der Waals surface area contributed by atoms with Crippen LogP contribution in [0.5, 0.6) is 0 Å². The van der Waals surface area contributed by atoms with Gasteiger partial charge in [0, 0.05) is 51.6 Å². The van der Waals surface area contributed by atoms with Gasteiger partial charge in [-0.2, -0.15) is 0 Å². The highest BCUT2D eigenvalue weighted by molar-refractivity contribution is 9.10. The highest BCUT2D eigenvalue weighted by Gasteiger charge is 2.36. The molecule has 0 unspecified atom stereocenters. The average molecular weight is 624 g/mol. The van der Waals surface area contributed by atoms with Crippen LogP contribution < -0.4 is 5.32 Å². The van der Waals surface area contributed by atoms with Crippen molar-refractivity contribution in [2.45, 2.75) is 69.7 Å². The van der Waals surface area contributed by atoms with E-state index in [2.05, 4.69) is 54.2 Å². The summed E-state index contributed by atoms with van der Waals surface area (Å²) in [5, 5.41) is 4.17. The molecule has 1 N–H and O–H groups in total. The second-order valence-corrected chi connectivity index (χ2v) is 12.8. The molecule has 1 amide bonds. The number of hydrogen-bond acceptors (Lipinski definition) is 3. The maximum atomic E-state index is 13.2. The summed E-state index contributed by atoms with van der Waals surface area (Å²) in [7, 11) is 2.05. The molecule has 0 spiro atoms. The van der Waals surface area contributed by atoms with Crippen molar-refractivity contribution < 1.29 is 4.79 Å². The molecule has 2 aliphatic carbocycles. The molecule has 2 heterocycles. The number of fused-ring (bicyclic) bond motifs is 2. The topological polar surface area (TPSA) is 45.2 Å². The minimum absolute atomic E-state index is 0.219. The number of carbonyl (C=O) groups excluding carboxylic acids is 1. The summed E-state index contributed by atoms with van der Waals surface area (Å²) in [5.74, 6) is 1.57. The van der Waals surface area contributed by atoms with Gasteiger partial charge in [-0.1, -0.05) is 27.5 Å². The summed E-state index contributed by atoms with van der Waals surface area (Å²) in [6, 6.07) is 7.03. The zero-order valence-corrected chi connectivity index (χ0v) is 24.3. The number of rotatable bonds is 4. The highest BCUT2D eigenvalue weighted by Crippen LogP contribution is 2.46. The summed E-state index contributed by atoms with van der Waals surface area (Å²) in [6.07, 6.45) is 11.3. The lowest BCUT2D eigenvalue weighted by atomic mass is 9.76. The number of amides is 1. The van der Waals surface area contributed by atoms with Crippen LogP contribution in [0.2, 0.25) is 5.02 Å². The fourth-order valence-corrected chi connectivity index (χ4v) is 8.04. The maximum absolute atomic E-state index is 13.2. The summed E-state index contributed by atoms with van der Waals surface area (Å²) in [6.45, 7) is 1.69. The van der Waals surface area contributed by atoms with E-state index in [1.54, 1.807) is 0 Å². The number of nitrogens with one attached hydrogen (secondary N) is 1. The average Bonchev–Trinajstić information content (AvgIpc) is 3.01. The van der Waals surface area contributed by atoms with Crippen molar-refractivity contribution in [3.63, 3.8) is 0 Å². The van der Waals surface area contributed by atoms with E-state index in [0.29, 0.717) is 23.8 Å². The molecule has 1 aromatic heterocycles. The van der Waals surface area contributed by atoms with Gasteiger partial charge in [0.25, 0.3) is 0 Å². The van der Waals surface area contributed by atoms with Crippen LogP contribution >= 0.6 is 43.5 Å². The van der Waals surface area contributed by atoms with E-state index in [0.717, 1.165) is 59.2 Å². The minimum atomic E-state index is 0.219. The van der Waals surface area contributed by atoms with Gasteiger partial charge in [0.15, 0.2) is 0 Å². The largest absolute Gasteiger partial charge is 0.343 e. The Labute approximate surface area is 230 Å². The van der Waals surface area contributed by atoms with E-state index in [1.807, 2.05) is 19.3 Å². The lowest BCUT2D eigenvalue weighted by Gasteiger charge is -2.38. The number of hydrogen-bond donors (Lipinski definition) is 1. The molecule has 35 heavy (non-hydrogen) atoms. The standard InChI is InChI=1S/C28H34Br2ClN3O/c1-32-23-6-2-17(3-7-23)12-25(35)34-10-8-18(9-11-34)27-26-19(14-22(31)15-24(26)30)4-5-20-13-21(29)16-33-28(20)27/h13-18,23,27,32H,2-12H2,1H3/t17?,23?,27-/m1/s1. The quantitative estimate of drug-likeness (QED) is 0.403. The Morgan fingerprint density at radius 1 is 1.06 bits per heavy atom. The molecule has 0 radical (unpaired) electrons. The van der Waals surface area contributed by atoms with Crippen LogP contribution in [0.1, 0.15) is 73.2 Å². The first kappa shape index (κ1) is 25.7. The van der Waals surface area contributed by atoms with E-state index in [1.165, 1.54) is 48.1 Å². The van der Waals surface area contributed by atoms with Crippen molar-refractivity contribution in [3.05, 3.63) is 60.7 Å². The van der Waals surface area contributed by atoms with E-state index in [4.69, 9.17) is 16.6 Å². The summed E-state index contributed by atoms with van der Waals surface area (Å²) < 4.78 is 2.11. The Morgan fingerprint density at radius 3 is 2.49 bits per heavy atom. The van der Waals surface area contributed by atoms with Crippen molar-refractivity contribution in [1.82, 2.24) is 15.2 Å². The predicted molar refractivity (Wildman–Crippen MR) is 149 cm³/mol. The number of aromatic nitrogens is 1. The lowest BCUT2D eigenvalue weighted by Crippen LogP contribution is -2.41. The fraction of sp³-hybridized carbons (Fsp3) is 0.571. The van der Waals surface area contributed by atoms with Crippen molar-refractivity contribution in [1.29, 1.82) is 0 Å². The first-order valence-electron chi connectivity index (χ1n) is 13.0. The Kier molecular flexibility index (Phi) is 8.22. The first-order chi connectivity index (χ1) is 16.9. The molecule has 1 saturated carbocycles. The van der Waals surface area contributed by atoms with Crippen molar-refractivity contribution in [3.8, 4) is 0 Å². The third-order valence-electron chi connectivity index (χ3n) is 8.50. The van der Waals surface area contributed by atoms with Crippen molar-refractivity contribution >= 4 is 49.4 Å². The Bertz CT molecular complexity index is 1080. The smallest absolute Gasteiger partial charge is 0.222 e. The van der Waals surface area contributed by atoms with E-state index in [9.17, 15) is 4.79 Å². The van der Waals surface area contributed by atoms with Crippen LogP contribution in [0.3, 0.4) is 0 Å². The molecule has 3 aliphatic rings. The Balaban J connectivity index is 1.32. The number of benzene rings is 1. The first-order valence-corrected chi connectivity index (χ1v) is 15.0. The number of aryl methyl sites for hydroxylation is 2. The molecule has 1 saturated heterocycles. The number of nitrogens with zero attached hydrogens (tertiary/aromatic N) is 2. The van der Waals surface area contributed by atoms with Crippen LogP contribution in [-0.2, 0) is 17.6 Å². The molecule has 4 nitrogen and oxygen atoms in total. The number of carbonyl (C=O) groups is 1. The van der Waals surface area contributed by atoms with Crippen LogP contribution in [0, 0.1) is 11.8 Å². The second-order valence-electron chi connectivity index (χ2n) is 10.6. The Hall–Kier alpha value is -0.950. The van der Waals surface area contributed by atoms with E-state index >= 15 is 0 Å². The molecular formula is C28H34Br2ClN3O. The van der Waals surface area contributed by atoms with Gasteiger partial charge in [0.1, 0.15) is 0 Å². The SMILES string of the molecule is CNC1CCC(CC(=O)N2CCC([C@H]3c4ncc(Br)cc4CCc4cc(Cl)cc(Br)c43)CC2)CC1. The Morgan fingerprint density at radius 2 is 1.77 bits per heavy atom. The summed E-state index contributed by atoms with van der Waals surface area (Å²) in [5.41, 5.74) is 5.17. The maximum Gasteiger partial charge on any atom is 0.222 e.